The highest BCUT2D eigenvalue weighted by atomic mass is 32.2. The summed E-state index contributed by atoms with van der Waals surface area (Å²) in [5.74, 6) is -2.61. The highest BCUT2D eigenvalue weighted by molar-refractivity contribution is 8.04. The van der Waals surface area contributed by atoms with Crippen molar-refractivity contribution >= 4 is 29.6 Å². The number of nitrogens with zero attached hydrogens (tertiary/aromatic N) is 1. The summed E-state index contributed by atoms with van der Waals surface area (Å²) in [6.45, 7) is 0. The van der Waals surface area contributed by atoms with E-state index in [9.17, 15) is 14.4 Å². The van der Waals surface area contributed by atoms with Crippen LogP contribution in [0.25, 0.3) is 0 Å². The van der Waals surface area contributed by atoms with E-state index in [1.807, 2.05) is 0 Å². The van der Waals surface area contributed by atoms with Gasteiger partial charge in [0.1, 0.15) is 5.70 Å². The number of thioether (sulfide) groups is 1. The summed E-state index contributed by atoms with van der Waals surface area (Å²) in [4.78, 5) is 34.3. The monoisotopic (exact) mass is 258 g/mol. The first kappa shape index (κ1) is 11.9. The molecule has 1 unspecified atom stereocenters. The van der Waals surface area contributed by atoms with Crippen LogP contribution in [0.15, 0.2) is 10.6 Å². The third kappa shape index (κ3) is 1.89. The van der Waals surface area contributed by atoms with Crippen molar-refractivity contribution in [1.82, 2.24) is 4.90 Å². The molecule has 1 saturated heterocycles. The Bertz CT molecular complexity index is 447. The molecule has 0 aromatic rings. The maximum absolute atomic E-state index is 11.3. The van der Waals surface area contributed by atoms with E-state index in [-0.39, 0.29) is 34.7 Å². The SMILES string of the molecule is NC(CC(=O)O)C1=C(C(=O)O)N2C(=O)C[C@@H]2S1. The molecule has 92 valence electrons. The van der Waals surface area contributed by atoms with Crippen LogP contribution in [0, 0.1) is 0 Å². The third-order valence-electron chi connectivity index (χ3n) is 2.58. The number of hydrogen-bond donors (Lipinski definition) is 3. The second kappa shape index (κ2) is 4.04. The predicted molar refractivity (Wildman–Crippen MR) is 57.7 cm³/mol. The van der Waals surface area contributed by atoms with Gasteiger partial charge in [0.05, 0.1) is 18.2 Å². The van der Waals surface area contributed by atoms with E-state index < -0.39 is 18.0 Å². The molecule has 7 nitrogen and oxygen atoms in total. The van der Waals surface area contributed by atoms with E-state index in [2.05, 4.69) is 0 Å². The lowest BCUT2D eigenvalue weighted by Gasteiger charge is -2.33. The fourth-order valence-corrected chi connectivity index (χ4v) is 3.23. The molecule has 0 saturated carbocycles. The minimum Gasteiger partial charge on any atom is -0.481 e. The first-order chi connectivity index (χ1) is 7.91. The van der Waals surface area contributed by atoms with Crippen LogP contribution in [-0.2, 0) is 14.4 Å². The average molecular weight is 258 g/mol. The number of carbonyl (C=O) groups excluding carboxylic acids is 1. The molecule has 0 radical (unpaired) electrons. The Morgan fingerprint density at radius 1 is 1.53 bits per heavy atom. The number of carboxylic acid groups (broad SMARTS) is 2. The number of aliphatic carboxylic acids is 2. The fourth-order valence-electron chi connectivity index (χ4n) is 1.82. The number of β-lactam (4-membered cyclic amide) rings is 1. The van der Waals surface area contributed by atoms with E-state index in [1.165, 1.54) is 16.7 Å². The average Bonchev–Trinajstić information content (AvgIpc) is 2.50. The van der Waals surface area contributed by atoms with Crippen molar-refractivity contribution in [3.8, 4) is 0 Å². The Kier molecular flexibility index (Phi) is 2.84. The fraction of sp³-hybridized carbons (Fsp3) is 0.444. The molecule has 0 bridgehead atoms. The molecule has 1 amide bonds. The van der Waals surface area contributed by atoms with Crippen molar-refractivity contribution in [2.75, 3.05) is 0 Å². The molecule has 2 atom stereocenters. The van der Waals surface area contributed by atoms with Crippen LogP contribution in [-0.4, -0.2) is 44.4 Å². The topological polar surface area (TPSA) is 121 Å². The summed E-state index contributed by atoms with van der Waals surface area (Å²) in [5, 5.41) is 17.4. The van der Waals surface area contributed by atoms with Crippen molar-refractivity contribution in [3.63, 3.8) is 0 Å². The van der Waals surface area contributed by atoms with Gasteiger partial charge in [-0.1, -0.05) is 0 Å². The van der Waals surface area contributed by atoms with Gasteiger partial charge in [-0.15, -0.1) is 11.8 Å². The smallest absolute Gasteiger partial charge is 0.353 e. The summed E-state index contributed by atoms with van der Waals surface area (Å²) in [5.41, 5.74) is 5.48. The molecular weight excluding hydrogens is 248 g/mol. The van der Waals surface area contributed by atoms with Crippen LogP contribution in [0.3, 0.4) is 0 Å². The molecule has 0 aromatic carbocycles. The number of nitrogens with two attached hydrogens (primary N) is 1. The lowest BCUT2D eigenvalue weighted by atomic mass is 10.1. The Morgan fingerprint density at radius 3 is 2.65 bits per heavy atom. The quantitative estimate of drug-likeness (QED) is 0.575. The number of hydrogen-bond acceptors (Lipinski definition) is 5. The van der Waals surface area contributed by atoms with Gasteiger partial charge in [0.25, 0.3) is 0 Å². The van der Waals surface area contributed by atoms with Gasteiger partial charge in [-0.05, 0) is 0 Å². The third-order valence-corrected chi connectivity index (χ3v) is 3.98. The van der Waals surface area contributed by atoms with Crippen LogP contribution in [0.2, 0.25) is 0 Å². The van der Waals surface area contributed by atoms with Crippen molar-refractivity contribution in [1.29, 1.82) is 0 Å². The first-order valence-corrected chi connectivity index (χ1v) is 5.73. The van der Waals surface area contributed by atoms with Gasteiger partial charge in [-0.25, -0.2) is 4.79 Å². The molecule has 2 rings (SSSR count). The Labute approximate surface area is 100 Å². The van der Waals surface area contributed by atoms with Crippen molar-refractivity contribution in [3.05, 3.63) is 10.6 Å². The van der Waals surface area contributed by atoms with Gasteiger partial charge in [0, 0.05) is 10.9 Å². The predicted octanol–water partition coefficient (Wildman–Crippen LogP) is -0.610. The summed E-state index contributed by atoms with van der Waals surface area (Å²) in [6.07, 6.45) is -0.0847. The van der Waals surface area contributed by atoms with Gasteiger partial charge in [-0.2, -0.15) is 0 Å². The number of fused-ring (bicyclic) bond motifs is 1. The van der Waals surface area contributed by atoms with Crippen LogP contribution in [0.5, 0.6) is 0 Å². The molecule has 8 heteroatoms. The summed E-state index contributed by atoms with van der Waals surface area (Å²) in [6, 6.07) is -0.887. The van der Waals surface area contributed by atoms with E-state index in [0.717, 1.165) is 0 Å². The Morgan fingerprint density at radius 2 is 2.18 bits per heavy atom. The van der Waals surface area contributed by atoms with Crippen molar-refractivity contribution < 1.29 is 24.6 Å². The molecule has 0 aliphatic carbocycles. The van der Waals surface area contributed by atoms with Gasteiger partial charge in [0.15, 0.2) is 0 Å². The minimum atomic E-state index is -1.25. The minimum absolute atomic E-state index is 0.162. The molecule has 2 aliphatic heterocycles. The highest BCUT2D eigenvalue weighted by Gasteiger charge is 2.49. The maximum Gasteiger partial charge on any atom is 0.353 e. The van der Waals surface area contributed by atoms with E-state index in [0.29, 0.717) is 0 Å². The maximum atomic E-state index is 11.3. The van der Waals surface area contributed by atoms with Gasteiger partial charge in [0.2, 0.25) is 5.91 Å². The van der Waals surface area contributed by atoms with E-state index in [4.69, 9.17) is 15.9 Å². The molecule has 0 aromatic heterocycles. The first-order valence-electron chi connectivity index (χ1n) is 4.85. The highest BCUT2D eigenvalue weighted by Crippen LogP contribution is 2.47. The Balaban J connectivity index is 2.28. The molecular formula is C9H10N2O5S. The van der Waals surface area contributed by atoms with Gasteiger partial charge in [-0.3, -0.25) is 14.5 Å². The lowest BCUT2D eigenvalue weighted by Crippen LogP contribution is -2.48. The number of carboxylic acids is 2. The zero-order valence-corrected chi connectivity index (χ0v) is 9.44. The summed E-state index contributed by atoms with van der Waals surface area (Å²) in [7, 11) is 0. The van der Waals surface area contributed by atoms with Crippen molar-refractivity contribution in [2.45, 2.75) is 24.3 Å². The zero-order chi connectivity index (χ0) is 12.7. The molecule has 4 N–H and O–H groups in total. The van der Waals surface area contributed by atoms with Gasteiger partial charge >= 0.3 is 11.9 Å². The largest absolute Gasteiger partial charge is 0.481 e. The van der Waals surface area contributed by atoms with Crippen LogP contribution < -0.4 is 5.73 Å². The molecule has 2 aliphatic rings. The summed E-state index contributed by atoms with van der Waals surface area (Å²) < 4.78 is 0. The zero-order valence-electron chi connectivity index (χ0n) is 8.62. The van der Waals surface area contributed by atoms with Crippen molar-refractivity contribution in [2.24, 2.45) is 5.73 Å². The summed E-state index contributed by atoms with van der Waals surface area (Å²) >= 11 is 1.17. The molecule has 1 fully saturated rings. The van der Waals surface area contributed by atoms with E-state index >= 15 is 0 Å². The second-order valence-electron chi connectivity index (χ2n) is 3.76. The number of carbonyl (C=O) groups is 3. The van der Waals surface area contributed by atoms with E-state index in [1.54, 1.807) is 0 Å². The Hall–Kier alpha value is -1.54. The second-order valence-corrected chi connectivity index (χ2v) is 4.98. The van der Waals surface area contributed by atoms with Crippen LogP contribution in [0.1, 0.15) is 12.8 Å². The van der Waals surface area contributed by atoms with Crippen LogP contribution in [0.4, 0.5) is 0 Å². The lowest BCUT2D eigenvalue weighted by molar-refractivity contribution is -0.145. The molecule has 0 spiro atoms. The molecule has 2 heterocycles. The van der Waals surface area contributed by atoms with Crippen LogP contribution >= 0.6 is 11.8 Å². The standard InChI is InChI=1S/C9H10N2O5S/c10-3(1-6(13)14)8-7(9(15)16)11-4(12)2-5(11)17-8/h3,5H,1-2,10H2,(H,13,14)(H,15,16)/t3?,5-/m0/s1. The normalized spacial score (nSPS) is 24.4. The number of amides is 1. The number of rotatable bonds is 4. The molecule has 17 heavy (non-hydrogen) atoms. The van der Waals surface area contributed by atoms with Gasteiger partial charge < -0.3 is 15.9 Å².